The standard InChI is InChI=1S/C28H30ClN5O5S/c29-22-16-21(11-12-23(22)30)40(38,39)32-24-7-3-13-33(28(24)37)17-26(35)34-14-4-8-25(34)27(36)31-20-10-9-18-5-1-2-6-19(18)15-20/h1-2,5-6,9-12,15-16,24-25,32H,3-4,7-8,13-14,17,30H2,(H,31,36)/t24-,25-/m0/s1. The Balaban J connectivity index is 1.22. The lowest BCUT2D eigenvalue weighted by Gasteiger charge is -2.34. The van der Waals surface area contributed by atoms with Crippen LogP contribution in [0.5, 0.6) is 0 Å². The summed E-state index contributed by atoms with van der Waals surface area (Å²) in [5.41, 5.74) is 6.56. The van der Waals surface area contributed by atoms with Crippen molar-refractivity contribution in [2.24, 2.45) is 0 Å². The van der Waals surface area contributed by atoms with Crippen LogP contribution in [0, 0.1) is 0 Å². The molecule has 3 aromatic rings. The number of nitrogens with two attached hydrogens (primary N) is 1. The topological polar surface area (TPSA) is 142 Å². The molecule has 0 unspecified atom stereocenters. The Labute approximate surface area is 237 Å². The molecule has 0 radical (unpaired) electrons. The minimum atomic E-state index is -4.05. The molecule has 3 aromatic carbocycles. The van der Waals surface area contributed by atoms with Gasteiger partial charge >= 0.3 is 0 Å². The number of nitrogens with zero attached hydrogens (tertiary/aromatic N) is 2. The second kappa shape index (κ2) is 11.4. The SMILES string of the molecule is Nc1ccc(S(=O)(=O)N[C@H]2CCCN(CC(=O)N3CCC[C@H]3C(=O)Nc3ccc4ccccc4c3)C2=O)cc1Cl. The van der Waals surface area contributed by atoms with Crippen LogP contribution in [0.3, 0.4) is 0 Å². The largest absolute Gasteiger partial charge is 0.398 e. The van der Waals surface area contributed by atoms with Crippen LogP contribution in [0.25, 0.3) is 10.8 Å². The van der Waals surface area contributed by atoms with E-state index in [1.807, 2.05) is 42.5 Å². The highest BCUT2D eigenvalue weighted by atomic mass is 35.5. The van der Waals surface area contributed by atoms with Crippen molar-refractivity contribution in [1.29, 1.82) is 0 Å². The van der Waals surface area contributed by atoms with Gasteiger partial charge in [-0.2, -0.15) is 4.72 Å². The highest BCUT2D eigenvalue weighted by Gasteiger charge is 2.38. The van der Waals surface area contributed by atoms with E-state index in [1.54, 1.807) is 0 Å². The van der Waals surface area contributed by atoms with Gasteiger partial charge in [-0.15, -0.1) is 0 Å². The third-order valence-electron chi connectivity index (χ3n) is 7.33. The summed E-state index contributed by atoms with van der Waals surface area (Å²) in [5, 5.41) is 5.07. The number of likely N-dealkylation sites (tertiary alicyclic amines) is 2. The van der Waals surface area contributed by atoms with E-state index in [1.165, 1.54) is 28.0 Å². The predicted molar refractivity (Wildman–Crippen MR) is 153 cm³/mol. The van der Waals surface area contributed by atoms with Crippen molar-refractivity contribution in [3.63, 3.8) is 0 Å². The van der Waals surface area contributed by atoms with Crippen molar-refractivity contribution in [3.05, 3.63) is 65.7 Å². The van der Waals surface area contributed by atoms with Crippen molar-refractivity contribution >= 4 is 61.5 Å². The minimum absolute atomic E-state index is 0.0925. The van der Waals surface area contributed by atoms with Crippen LogP contribution in [0.15, 0.2) is 65.6 Å². The first-order valence-corrected chi connectivity index (χ1v) is 14.9. The van der Waals surface area contributed by atoms with Crippen LogP contribution in [0.1, 0.15) is 25.7 Å². The van der Waals surface area contributed by atoms with Gasteiger partial charge in [0.2, 0.25) is 27.7 Å². The smallest absolute Gasteiger partial charge is 0.247 e. The fraction of sp³-hybridized carbons (Fsp3) is 0.321. The van der Waals surface area contributed by atoms with Gasteiger partial charge in [0, 0.05) is 18.8 Å². The highest BCUT2D eigenvalue weighted by Crippen LogP contribution is 2.25. The maximum absolute atomic E-state index is 13.3. The number of benzene rings is 3. The Morgan fingerprint density at radius 3 is 2.50 bits per heavy atom. The van der Waals surface area contributed by atoms with E-state index in [0.29, 0.717) is 44.5 Å². The number of rotatable bonds is 7. The number of nitrogens with one attached hydrogen (secondary N) is 2. The summed E-state index contributed by atoms with van der Waals surface area (Å²) in [7, 11) is -4.05. The zero-order valence-electron chi connectivity index (χ0n) is 21.7. The maximum Gasteiger partial charge on any atom is 0.247 e. The molecule has 3 amide bonds. The fourth-order valence-electron chi connectivity index (χ4n) is 5.22. The number of piperidine rings is 1. The number of nitrogen functional groups attached to an aromatic ring is 1. The monoisotopic (exact) mass is 583 g/mol. The van der Waals surface area contributed by atoms with Crippen molar-refractivity contribution in [2.75, 3.05) is 30.7 Å². The number of sulfonamides is 1. The number of hydrogen-bond acceptors (Lipinski definition) is 6. The van der Waals surface area contributed by atoms with E-state index in [4.69, 9.17) is 17.3 Å². The summed E-state index contributed by atoms with van der Waals surface area (Å²) in [5.74, 6) is -1.11. The maximum atomic E-state index is 13.3. The summed E-state index contributed by atoms with van der Waals surface area (Å²) in [6, 6.07) is 15.7. The first-order valence-electron chi connectivity index (χ1n) is 13.1. The lowest BCUT2D eigenvalue weighted by Crippen LogP contribution is -2.55. The summed E-state index contributed by atoms with van der Waals surface area (Å²) < 4.78 is 28.2. The van der Waals surface area contributed by atoms with E-state index in [-0.39, 0.29) is 34.0 Å². The highest BCUT2D eigenvalue weighted by molar-refractivity contribution is 7.89. The molecule has 2 atom stereocenters. The molecule has 5 rings (SSSR count). The van der Waals surface area contributed by atoms with Gasteiger partial charge in [0.25, 0.3) is 0 Å². The van der Waals surface area contributed by atoms with E-state index in [2.05, 4.69) is 10.0 Å². The van der Waals surface area contributed by atoms with Crippen LogP contribution in [0.4, 0.5) is 11.4 Å². The molecule has 2 heterocycles. The van der Waals surface area contributed by atoms with Crippen molar-refractivity contribution in [1.82, 2.24) is 14.5 Å². The summed E-state index contributed by atoms with van der Waals surface area (Å²) in [6.45, 7) is 0.493. The number of amides is 3. The molecular formula is C28H30ClN5O5S. The molecule has 40 heavy (non-hydrogen) atoms. The normalized spacial score (nSPS) is 19.7. The quantitative estimate of drug-likeness (QED) is 0.365. The number of fused-ring (bicyclic) bond motifs is 1. The molecule has 0 bridgehead atoms. The Morgan fingerprint density at radius 2 is 1.73 bits per heavy atom. The number of halogens is 1. The molecule has 0 saturated carbocycles. The van der Waals surface area contributed by atoms with E-state index < -0.39 is 28.0 Å². The van der Waals surface area contributed by atoms with Crippen molar-refractivity contribution in [3.8, 4) is 0 Å². The Morgan fingerprint density at radius 1 is 0.975 bits per heavy atom. The Kier molecular flexibility index (Phi) is 7.97. The molecule has 2 saturated heterocycles. The molecule has 10 nitrogen and oxygen atoms in total. The second-order valence-electron chi connectivity index (χ2n) is 10.1. The summed E-state index contributed by atoms with van der Waals surface area (Å²) in [6.07, 6.45) is 2.00. The molecule has 0 aromatic heterocycles. The van der Waals surface area contributed by atoms with Crippen molar-refractivity contribution < 1.29 is 22.8 Å². The third kappa shape index (κ3) is 5.91. The number of anilines is 2. The van der Waals surface area contributed by atoms with Gasteiger partial charge in [-0.3, -0.25) is 14.4 Å². The Bertz CT molecular complexity index is 1580. The van der Waals surface area contributed by atoms with Gasteiger partial charge in [0.05, 0.1) is 22.2 Å². The van der Waals surface area contributed by atoms with Crippen LogP contribution < -0.4 is 15.8 Å². The van der Waals surface area contributed by atoms with Crippen LogP contribution in [-0.2, 0) is 24.4 Å². The lowest BCUT2D eigenvalue weighted by atomic mass is 10.1. The van der Waals surface area contributed by atoms with Gasteiger partial charge in [0.1, 0.15) is 12.1 Å². The first-order chi connectivity index (χ1) is 19.1. The zero-order chi connectivity index (χ0) is 28.4. The fourth-order valence-corrected chi connectivity index (χ4v) is 6.72. The molecule has 0 aliphatic carbocycles. The van der Waals surface area contributed by atoms with E-state index in [9.17, 15) is 22.8 Å². The number of carbonyl (C=O) groups excluding carboxylic acids is 3. The van der Waals surface area contributed by atoms with Crippen LogP contribution >= 0.6 is 11.6 Å². The lowest BCUT2D eigenvalue weighted by molar-refractivity contribution is -0.144. The molecule has 210 valence electrons. The zero-order valence-corrected chi connectivity index (χ0v) is 23.2. The number of hydrogen-bond donors (Lipinski definition) is 3. The average molecular weight is 584 g/mol. The third-order valence-corrected chi connectivity index (χ3v) is 9.13. The molecule has 0 spiro atoms. The van der Waals surface area contributed by atoms with Crippen LogP contribution in [-0.4, -0.2) is 67.7 Å². The molecule has 2 aliphatic rings. The summed E-state index contributed by atoms with van der Waals surface area (Å²) >= 11 is 5.97. The van der Waals surface area contributed by atoms with Gasteiger partial charge in [-0.25, -0.2) is 8.42 Å². The molecule has 4 N–H and O–H groups in total. The predicted octanol–water partition coefficient (Wildman–Crippen LogP) is 2.97. The summed E-state index contributed by atoms with van der Waals surface area (Å²) in [4.78, 5) is 42.3. The number of carbonyl (C=O) groups is 3. The first kappa shape index (κ1) is 27.9. The molecule has 2 aliphatic heterocycles. The Hall–Kier alpha value is -3.67. The van der Waals surface area contributed by atoms with Crippen molar-refractivity contribution in [2.45, 2.75) is 42.7 Å². The minimum Gasteiger partial charge on any atom is -0.398 e. The van der Waals surface area contributed by atoms with Gasteiger partial charge in [0.15, 0.2) is 0 Å². The molecule has 12 heteroatoms. The second-order valence-corrected chi connectivity index (χ2v) is 12.2. The van der Waals surface area contributed by atoms with Gasteiger partial charge < -0.3 is 20.9 Å². The average Bonchev–Trinajstić information content (AvgIpc) is 3.43. The molecule has 2 fully saturated rings. The van der Waals surface area contributed by atoms with E-state index in [0.717, 1.165) is 10.8 Å². The van der Waals surface area contributed by atoms with Crippen LogP contribution in [0.2, 0.25) is 5.02 Å². The van der Waals surface area contributed by atoms with Gasteiger partial charge in [-0.1, -0.05) is 41.9 Å². The van der Waals surface area contributed by atoms with Gasteiger partial charge in [-0.05, 0) is 66.8 Å². The molecular weight excluding hydrogens is 554 g/mol. The van der Waals surface area contributed by atoms with E-state index >= 15 is 0 Å².